The lowest BCUT2D eigenvalue weighted by molar-refractivity contribution is 0.487. The van der Waals surface area contributed by atoms with E-state index in [9.17, 15) is 0 Å². The fourth-order valence-electron chi connectivity index (χ4n) is 9.19. The van der Waals surface area contributed by atoms with Gasteiger partial charge >= 0.3 is 0 Å². The first kappa shape index (κ1) is 29.4. The van der Waals surface area contributed by atoms with Gasteiger partial charge in [0, 0.05) is 21.9 Å². The van der Waals surface area contributed by atoms with Crippen molar-refractivity contribution in [2.75, 3.05) is 0 Å². The minimum Gasteiger partial charge on any atom is -0.456 e. The van der Waals surface area contributed by atoms with Gasteiger partial charge in [-0.2, -0.15) is 0 Å². The van der Waals surface area contributed by atoms with Gasteiger partial charge in [0.2, 0.25) is 0 Å². The van der Waals surface area contributed by atoms with Crippen molar-refractivity contribution in [1.29, 1.82) is 0 Å². The second-order valence-corrected chi connectivity index (χ2v) is 14.3. The van der Waals surface area contributed by atoms with Gasteiger partial charge in [0.05, 0.1) is 0 Å². The Labute approximate surface area is 312 Å². The lowest BCUT2D eigenvalue weighted by atomic mass is 9.86. The Hall–Kier alpha value is -7.16. The number of hydrogen-bond donors (Lipinski definition) is 0. The molecule has 0 bridgehead atoms. The zero-order valence-corrected chi connectivity index (χ0v) is 29.1. The number of para-hydroxylation sites is 2. The van der Waals surface area contributed by atoms with Crippen molar-refractivity contribution in [3.8, 4) is 78.6 Å². The molecule has 0 unspecified atom stereocenters. The van der Waals surface area contributed by atoms with Gasteiger partial charge in [-0.1, -0.05) is 158 Å². The third-order valence-electron chi connectivity index (χ3n) is 11.5. The topological polar surface area (TPSA) is 18.5 Å². The SMILES string of the molecule is c1ccc2c(c1)Oc1ccc(-c3cccc4c(-c5cccc6c(-c7ccc8c9c(cccc79)-c7ccccc7O8)cccc56)cccc34)c3cccc-2c13. The summed E-state index contributed by atoms with van der Waals surface area (Å²) < 4.78 is 12.9. The van der Waals surface area contributed by atoms with Crippen molar-refractivity contribution in [2.24, 2.45) is 0 Å². The minimum atomic E-state index is 0.905. The molecule has 10 aromatic carbocycles. The first-order valence-electron chi connectivity index (χ1n) is 18.5. The summed E-state index contributed by atoms with van der Waals surface area (Å²) in [5.41, 5.74) is 12.0. The Morgan fingerprint density at radius 2 is 0.481 bits per heavy atom. The highest BCUT2D eigenvalue weighted by Gasteiger charge is 2.24. The number of rotatable bonds is 3. The maximum atomic E-state index is 6.44. The number of hydrogen-bond acceptors (Lipinski definition) is 2. The normalized spacial score (nSPS) is 12.4. The van der Waals surface area contributed by atoms with Gasteiger partial charge in [-0.25, -0.2) is 0 Å². The zero-order valence-electron chi connectivity index (χ0n) is 29.1. The lowest BCUT2D eigenvalue weighted by Crippen LogP contribution is -1.98. The molecule has 0 radical (unpaired) electrons. The predicted octanol–water partition coefficient (Wildman–Crippen LogP) is 14.8. The largest absolute Gasteiger partial charge is 0.456 e. The first-order valence-corrected chi connectivity index (χ1v) is 18.5. The molecule has 250 valence electrons. The maximum absolute atomic E-state index is 6.44. The monoisotopic (exact) mass is 686 g/mol. The molecule has 54 heavy (non-hydrogen) atoms. The Kier molecular flexibility index (Phi) is 6.09. The van der Waals surface area contributed by atoms with Crippen molar-refractivity contribution in [1.82, 2.24) is 0 Å². The summed E-state index contributed by atoms with van der Waals surface area (Å²) in [5.74, 6) is 3.62. The summed E-state index contributed by atoms with van der Waals surface area (Å²) in [6.45, 7) is 0. The third kappa shape index (κ3) is 4.11. The molecule has 2 aliphatic heterocycles. The summed E-state index contributed by atoms with van der Waals surface area (Å²) in [4.78, 5) is 0. The van der Waals surface area contributed by atoms with Gasteiger partial charge < -0.3 is 9.47 Å². The van der Waals surface area contributed by atoms with E-state index in [0.29, 0.717) is 0 Å². The zero-order chi connectivity index (χ0) is 35.3. The van der Waals surface area contributed by atoms with Gasteiger partial charge in [0.25, 0.3) is 0 Å². The molecule has 0 amide bonds. The molecular weight excluding hydrogens is 657 g/mol. The average Bonchev–Trinajstić information content (AvgIpc) is 3.23. The Morgan fingerprint density at radius 3 is 0.870 bits per heavy atom. The molecule has 0 saturated carbocycles. The van der Waals surface area contributed by atoms with E-state index in [1.807, 2.05) is 12.1 Å². The fourth-order valence-corrected chi connectivity index (χ4v) is 9.19. The molecular formula is C52H30O2. The summed E-state index contributed by atoms with van der Waals surface area (Å²) in [6.07, 6.45) is 0. The molecule has 0 fully saturated rings. The molecule has 0 atom stereocenters. The highest BCUT2D eigenvalue weighted by molar-refractivity contribution is 6.17. The van der Waals surface area contributed by atoms with Crippen LogP contribution in [0.2, 0.25) is 0 Å². The van der Waals surface area contributed by atoms with E-state index in [1.165, 1.54) is 76.8 Å². The van der Waals surface area contributed by atoms with Crippen molar-refractivity contribution in [3.63, 3.8) is 0 Å². The molecule has 2 nitrogen and oxygen atoms in total. The Balaban J connectivity index is 1.04. The highest BCUT2D eigenvalue weighted by atomic mass is 16.5. The van der Waals surface area contributed by atoms with Crippen LogP contribution in [0.25, 0.3) is 98.7 Å². The second kappa shape index (κ2) is 11.2. The van der Waals surface area contributed by atoms with E-state index in [1.54, 1.807) is 0 Å². The van der Waals surface area contributed by atoms with Crippen LogP contribution in [0.5, 0.6) is 23.0 Å². The molecule has 0 aliphatic carbocycles. The fraction of sp³-hybridized carbons (Fsp3) is 0. The second-order valence-electron chi connectivity index (χ2n) is 14.3. The highest BCUT2D eigenvalue weighted by Crippen LogP contribution is 2.51. The van der Waals surface area contributed by atoms with E-state index in [-0.39, 0.29) is 0 Å². The standard InChI is InChI=1S/C52H30O2/c1-3-25-47-41(11-1)45-23-9-21-43-39(27-29-49(53-47)51(43)45)37-19-7-15-33-31(13-5-17-35(33)37)32-14-6-18-36-34(32)16-8-20-38(36)40-28-30-50-52-44(40)22-10-24-46(52)42-12-2-4-26-48(42)54-50/h1-30H. The molecule has 0 spiro atoms. The summed E-state index contributed by atoms with van der Waals surface area (Å²) in [6, 6.07) is 65.6. The molecule has 0 aromatic heterocycles. The van der Waals surface area contributed by atoms with Crippen LogP contribution < -0.4 is 9.47 Å². The summed E-state index contributed by atoms with van der Waals surface area (Å²) in [7, 11) is 0. The van der Waals surface area contributed by atoms with Crippen LogP contribution in [0.1, 0.15) is 0 Å². The van der Waals surface area contributed by atoms with Gasteiger partial charge in [-0.15, -0.1) is 0 Å². The first-order chi connectivity index (χ1) is 26.8. The summed E-state index contributed by atoms with van der Waals surface area (Å²) in [5, 5.41) is 9.63. The summed E-state index contributed by atoms with van der Waals surface area (Å²) >= 11 is 0. The van der Waals surface area contributed by atoms with E-state index < -0.39 is 0 Å². The number of ether oxygens (including phenoxy) is 2. The van der Waals surface area contributed by atoms with Crippen molar-refractivity contribution >= 4 is 43.1 Å². The molecule has 0 saturated heterocycles. The molecule has 2 heterocycles. The van der Waals surface area contributed by atoms with Crippen LogP contribution in [-0.2, 0) is 0 Å². The van der Waals surface area contributed by atoms with E-state index >= 15 is 0 Å². The average molecular weight is 687 g/mol. The third-order valence-corrected chi connectivity index (χ3v) is 11.5. The maximum Gasteiger partial charge on any atom is 0.135 e. The van der Waals surface area contributed by atoms with Crippen LogP contribution in [0.3, 0.4) is 0 Å². The minimum absolute atomic E-state index is 0.905. The van der Waals surface area contributed by atoms with Crippen molar-refractivity contribution < 1.29 is 9.47 Å². The quantitative estimate of drug-likeness (QED) is 0.184. The van der Waals surface area contributed by atoms with Crippen molar-refractivity contribution in [2.45, 2.75) is 0 Å². The van der Waals surface area contributed by atoms with E-state index in [0.717, 1.165) is 44.9 Å². The van der Waals surface area contributed by atoms with Crippen LogP contribution in [0.15, 0.2) is 182 Å². The van der Waals surface area contributed by atoms with Gasteiger partial charge in [-0.3, -0.25) is 0 Å². The van der Waals surface area contributed by atoms with Crippen LogP contribution >= 0.6 is 0 Å². The smallest absolute Gasteiger partial charge is 0.135 e. The van der Waals surface area contributed by atoms with Gasteiger partial charge in [0.15, 0.2) is 0 Å². The van der Waals surface area contributed by atoms with E-state index in [2.05, 4.69) is 170 Å². The Morgan fingerprint density at radius 1 is 0.185 bits per heavy atom. The molecule has 2 aliphatic rings. The Bertz CT molecular complexity index is 3010. The van der Waals surface area contributed by atoms with Crippen LogP contribution in [0.4, 0.5) is 0 Å². The predicted molar refractivity (Wildman–Crippen MR) is 224 cm³/mol. The molecule has 10 aromatic rings. The van der Waals surface area contributed by atoms with Crippen molar-refractivity contribution in [3.05, 3.63) is 182 Å². The molecule has 0 N–H and O–H groups in total. The number of benzene rings is 10. The van der Waals surface area contributed by atoms with Crippen LogP contribution in [0, 0.1) is 0 Å². The molecule has 12 rings (SSSR count). The number of fused-ring (bicyclic) bond motifs is 6. The van der Waals surface area contributed by atoms with Gasteiger partial charge in [-0.05, 0) is 101 Å². The molecule has 2 heteroatoms. The lowest BCUT2D eigenvalue weighted by Gasteiger charge is -2.23. The van der Waals surface area contributed by atoms with Crippen LogP contribution in [-0.4, -0.2) is 0 Å². The van der Waals surface area contributed by atoms with Gasteiger partial charge in [0.1, 0.15) is 23.0 Å². The van der Waals surface area contributed by atoms with E-state index in [4.69, 9.17) is 9.47 Å².